The molecule has 0 radical (unpaired) electrons. The molecule has 0 bridgehead atoms. The van der Waals surface area contributed by atoms with Gasteiger partial charge in [-0.2, -0.15) is 0 Å². The number of para-hydroxylation sites is 1. The van der Waals surface area contributed by atoms with Crippen LogP contribution in [0, 0.1) is 0 Å². The number of rotatable bonds is 5. The number of hydrogen-bond donors (Lipinski definition) is 1. The molecule has 0 aliphatic carbocycles. The minimum absolute atomic E-state index is 0.0164. The fourth-order valence-electron chi connectivity index (χ4n) is 3.76. The molecule has 0 saturated heterocycles. The van der Waals surface area contributed by atoms with Gasteiger partial charge in [-0.25, -0.2) is 0 Å². The summed E-state index contributed by atoms with van der Waals surface area (Å²) in [5, 5.41) is 10.5. The van der Waals surface area contributed by atoms with E-state index in [4.69, 9.17) is 9.15 Å². The molecule has 1 amide bonds. The molecule has 3 aromatic rings. The number of phenolic OH excluding ortho intramolecular Hbond substituents is 1. The smallest absolute Gasteiger partial charge is 0.290 e. The third kappa shape index (κ3) is 2.72. The lowest BCUT2D eigenvalue weighted by molar-refractivity contribution is 0.0728. The van der Waals surface area contributed by atoms with E-state index in [0.717, 1.165) is 6.42 Å². The Morgan fingerprint density at radius 3 is 2.68 bits per heavy atom. The third-order valence-corrected chi connectivity index (χ3v) is 4.94. The zero-order chi connectivity index (χ0) is 19.8. The second-order valence-electron chi connectivity index (χ2n) is 6.73. The minimum atomic E-state index is -0.580. The summed E-state index contributed by atoms with van der Waals surface area (Å²) in [5.41, 5.74) is 1.23. The SMILES string of the molecule is CCCN1C(=O)c2oc3ccccc3c(=O)c2[C@@H]1c1ccc(O)c(OCC)c1. The quantitative estimate of drug-likeness (QED) is 0.728. The van der Waals surface area contributed by atoms with E-state index >= 15 is 0 Å². The van der Waals surface area contributed by atoms with E-state index in [1.54, 1.807) is 41.3 Å². The Morgan fingerprint density at radius 2 is 1.93 bits per heavy atom. The van der Waals surface area contributed by atoms with E-state index in [0.29, 0.717) is 41.0 Å². The van der Waals surface area contributed by atoms with Crippen LogP contribution in [0.15, 0.2) is 51.7 Å². The summed E-state index contributed by atoms with van der Waals surface area (Å²) in [5.74, 6) is 0.134. The van der Waals surface area contributed by atoms with Crippen molar-refractivity contribution in [3.05, 3.63) is 69.6 Å². The van der Waals surface area contributed by atoms with E-state index in [-0.39, 0.29) is 22.8 Å². The van der Waals surface area contributed by atoms with Crippen LogP contribution in [-0.2, 0) is 0 Å². The summed E-state index contributed by atoms with van der Waals surface area (Å²) < 4.78 is 11.3. The highest BCUT2D eigenvalue weighted by Crippen LogP contribution is 2.40. The lowest BCUT2D eigenvalue weighted by Crippen LogP contribution is -2.30. The van der Waals surface area contributed by atoms with Crippen LogP contribution in [0.25, 0.3) is 11.0 Å². The largest absolute Gasteiger partial charge is 0.504 e. The molecule has 1 atom stereocenters. The number of ether oxygens (including phenoxy) is 1. The molecule has 0 unspecified atom stereocenters. The molecule has 0 saturated carbocycles. The van der Waals surface area contributed by atoms with Crippen molar-refractivity contribution in [2.75, 3.05) is 13.2 Å². The number of nitrogens with zero attached hydrogens (tertiary/aromatic N) is 1. The van der Waals surface area contributed by atoms with Crippen molar-refractivity contribution in [2.24, 2.45) is 0 Å². The molecule has 1 N–H and O–H groups in total. The summed E-state index contributed by atoms with van der Waals surface area (Å²) in [6, 6.07) is 11.3. The number of aromatic hydroxyl groups is 1. The van der Waals surface area contributed by atoms with Crippen molar-refractivity contribution in [3.63, 3.8) is 0 Å². The zero-order valence-corrected chi connectivity index (χ0v) is 15.8. The van der Waals surface area contributed by atoms with Gasteiger partial charge in [0.05, 0.1) is 23.6 Å². The molecule has 144 valence electrons. The van der Waals surface area contributed by atoms with Crippen molar-refractivity contribution >= 4 is 16.9 Å². The van der Waals surface area contributed by atoms with Gasteiger partial charge in [0, 0.05) is 6.54 Å². The molecule has 0 spiro atoms. The van der Waals surface area contributed by atoms with Gasteiger partial charge in [-0.1, -0.05) is 25.1 Å². The molecule has 1 aromatic heterocycles. The summed E-state index contributed by atoms with van der Waals surface area (Å²) in [6.07, 6.45) is 0.736. The molecule has 2 heterocycles. The summed E-state index contributed by atoms with van der Waals surface area (Å²) in [6.45, 7) is 4.67. The van der Waals surface area contributed by atoms with Crippen LogP contribution in [0.5, 0.6) is 11.5 Å². The lowest BCUT2D eigenvalue weighted by Gasteiger charge is -2.25. The normalized spacial score (nSPS) is 15.9. The van der Waals surface area contributed by atoms with E-state index < -0.39 is 6.04 Å². The van der Waals surface area contributed by atoms with Gasteiger partial charge >= 0.3 is 0 Å². The summed E-state index contributed by atoms with van der Waals surface area (Å²) in [4.78, 5) is 28.0. The van der Waals surface area contributed by atoms with Crippen LogP contribution in [-0.4, -0.2) is 29.1 Å². The Bertz CT molecular complexity index is 1120. The van der Waals surface area contributed by atoms with Crippen LogP contribution in [0.2, 0.25) is 0 Å². The van der Waals surface area contributed by atoms with E-state index in [2.05, 4.69) is 0 Å². The topological polar surface area (TPSA) is 80.0 Å². The highest BCUT2D eigenvalue weighted by molar-refractivity contribution is 5.99. The van der Waals surface area contributed by atoms with Crippen molar-refractivity contribution in [1.82, 2.24) is 4.90 Å². The lowest BCUT2D eigenvalue weighted by atomic mass is 9.98. The number of phenols is 1. The maximum Gasteiger partial charge on any atom is 0.290 e. The van der Waals surface area contributed by atoms with E-state index in [9.17, 15) is 14.7 Å². The Morgan fingerprint density at radius 1 is 1.14 bits per heavy atom. The maximum atomic E-state index is 13.3. The average molecular weight is 379 g/mol. The molecular formula is C22H21NO5. The zero-order valence-electron chi connectivity index (χ0n) is 15.8. The summed E-state index contributed by atoms with van der Waals surface area (Å²) >= 11 is 0. The molecular weight excluding hydrogens is 358 g/mol. The van der Waals surface area contributed by atoms with Crippen molar-refractivity contribution < 1.29 is 19.1 Å². The Balaban J connectivity index is 1.96. The van der Waals surface area contributed by atoms with E-state index in [1.807, 2.05) is 13.8 Å². The molecule has 1 aliphatic heterocycles. The number of carbonyl (C=O) groups is 1. The number of benzene rings is 2. The fraction of sp³-hybridized carbons (Fsp3) is 0.273. The Labute approximate surface area is 162 Å². The van der Waals surface area contributed by atoms with E-state index in [1.165, 1.54) is 6.07 Å². The predicted molar refractivity (Wildman–Crippen MR) is 105 cm³/mol. The van der Waals surface area contributed by atoms with Crippen LogP contribution in [0.3, 0.4) is 0 Å². The first-order valence-corrected chi connectivity index (χ1v) is 9.39. The fourth-order valence-corrected chi connectivity index (χ4v) is 3.76. The third-order valence-electron chi connectivity index (χ3n) is 4.94. The van der Waals surface area contributed by atoms with Gasteiger partial charge in [-0.3, -0.25) is 9.59 Å². The minimum Gasteiger partial charge on any atom is -0.504 e. The average Bonchev–Trinajstić information content (AvgIpc) is 2.97. The first-order valence-electron chi connectivity index (χ1n) is 9.39. The van der Waals surface area contributed by atoms with Crippen molar-refractivity contribution in [2.45, 2.75) is 26.3 Å². The van der Waals surface area contributed by atoms with Gasteiger partial charge in [0.25, 0.3) is 5.91 Å². The van der Waals surface area contributed by atoms with Crippen molar-refractivity contribution in [3.8, 4) is 11.5 Å². The van der Waals surface area contributed by atoms with Crippen LogP contribution < -0.4 is 10.2 Å². The first kappa shape index (κ1) is 18.1. The van der Waals surface area contributed by atoms with Gasteiger partial charge < -0.3 is 19.2 Å². The number of amides is 1. The molecule has 6 heteroatoms. The molecule has 1 aliphatic rings. The molecule has 28 heavy (non-hydrogen) atoms. The van der Waals surface area contributed by atoms with Crippen molar-refractivity contribution in [1.29, 1.82) is 0 Å². The monoisotopic (exact) mass is 379 g/mol. The van der Waals surface area contributed by atoms with Gasteiger partial charge in [-0.15, -0.1) is 0 Å². The van der Waals surface area contributed by atoms with Crippen LogP contribution >= 0.6 is 0 Å². The number of fused-ring (bicyclic) bond motifs is 2. The first-order chi connectivity index (χ1) is 13.6. The second-order valence-corrected chi connectivity index (χ2v) is 6.73. The Kier molecular flexibility index (Phi) is 4.55. The highest BCUT2D eigenvalue weighted by atomic mass is 16.5. The van der Waals surface area contributed by atoms with Gasteiger partial charge in [0.2, 0.25) is 5.76 Å². The second kappa shape index (κ2) is 7.03. The Hall–Kier alpha value is -3.28. The molecule has 4 rings (SSSR count). The van der Waals surface area contributed by atoms with Crippen LogP contribution in [0.1, 0.15) is 48.0 Å². The molecule has 2 aromatic carbocycles. The molecule has 0 fully saturated rings. The van der Waals surface area contributed by atoms with Crippen LogP contribution in [0.4, 0.5) is 0 Å². The molecule has 6 nitrogen and oxygen atoms in total. The number of hydrogen-bond acceptors (Lipinski definition) is 5. The van der Waals surface area contributed by atoms with Gasteiger partial charge in [0.15, 0.2) is 16.9 Å². The summed E-state index contributed by atoms with van der Waals surface area (Å²) in [7, 11) is 0. The maximum absolute atomic E-state index is 13.3. The highest BCUT2D eigenvalue weighted by Gasteiger charge is 2.42. The standard InChI is InChI=1S/C22H21NO5/c1-3-11-23-19(13-9-10-15(24)17(12-13)27-4-2)18-20(25)14-7-5-6-8-16(14)28-21(18)22(23)26/h5-10,12,19,24H,3-4,11H2,1-2H3/t19-/m0/s1. The predicted octanol–water partition coefficient (Wildman–Crippen LogP) is 3.85. The van der Waals surface area contributed by atoms with Gasteiger partial charge in [-0.05, 0) is 43.2 Å². The van der Waals surface area contributed by atoms with Gasteiger partial charge in [0.1, 0.15) is 5.58 Å². The number of carbonyl (C=O) groups excluding carboxylic acids is 1.